The fourth-order valence-electron chi connectivity index (χ4n) is 1.94. The van der Waals surface area contributed by atoms with Crippen LogP contribution in [0.2, 0.25) is 5.02 Å². The Hall–Kier alpha value is -1.97. The lowest BCUT2D eigenvalue weighted by Crippen LogP contribution is -2.13. The van der Waals surface area contributed by atoms with Gasteiger partial charge in [-0.2, -0.15) is 0 Å². The lowest BCUT2D eigenvalue weighted by molar-refractivity contribution is -0.118. The summed E-state index contributed by atoms with van der Waals surface area (Å²) in [6, 6.07) is 7.40. The van der Waals surface area contributed by atoms with E-state index in [-0.39, 0.29) is 12.3 Å². The Morgan fingerprint density at radius 3 is 2.74 bits per heavy atom. The average Bonchev–Trinajstić information content (AvgIpc) is 2.93. The van der Waals surface area contributed by atoms with Crippen LogP contribution in [-0.4, -0.2) is 26.4 Å². The molecule has 2 rings (SSSR count). The highest BCUT2D eigenvalue weighted by Crippen LogP contribution is 2.17. The van der Waals surface area contributed by atoms with Crippen LogP contribution in [0, 0.1) is 11.8 Å². The van der Waals surface area contributed by atoms with Gasteiger partial charge in [0.1, 0.15) is 5.82 Å². The molecule has 0 aliphatic heterocycles. The number of thioether (sulfide) groups is 1. The maximum Gasteiger partial charge on any atom is 0.217 e. The Morgan fingerprint density at radius 2 is 2.09 bits per heavy atom. The summed E-state index contributed by atoms with van der Waals surface area (Å²) in [6.45, 7) is 2.76. The van der Waals surface area contributed by atoms with Gasteiger partial charge in [-0.25, -0.2) is 0 Å². The summed E-state index contributed by atoms with van der Waals surface area (Å²) < 4.78 is 1.98. The summed E-state index contributed by atoms with van der Waals surface area (Å²) in [5.74, 6) is 7.22. The number of amides is 1. The van der Waals surface area contributed by atoms with Crippen LogP contribution in [-0.2, 0) is 17.8 Å². The van der Waals surface area contributed by atoms with Crippen molar-refractivity contribution in [1.29, 1.82) is 0 Å². The molecule has 0 radical (unpaired) electrons. The van der Waals surface area contributed by atoms with Crippen molar-refractivity contribution in [3.8, 4) is 11.8 Å². The molecule has 1 aromatic carbocycles. The Kier molecular flexibility index (Phi) is 6.51. The van der Waals surface area contributed by atoms with Gasteiger partial charge in [-0.15, -0.1) is 10.2 Å². The van der Waals surface area contributed by atoms with Crippen molar-refractivity contribution in [2.45, 2.75) is 31.5 Å². The van der Waals surface area contributed by atoms with Crippen LogP contribution in [0.1, 0.15) is 24.7 Å². The number of rotatable bonds is 6. The molecule has 1 amide bonds. The molecule has 2 N–H and O–H groups in total. The molecule has 0 spiro atoms. The van der Waals surface area contributed by atoms with Crippen LogP contribution >= 0.6 is 23.4 Å². The molecule has 0 bridgehead atoms. The van der Waals surface area contributed by atoms with Gasteiger partial charge in [-0.1, -0.05) is 35.2 Å². The number of benzene rings is 1. The standard InChI is InChI=1S/C16H17ClN4OS/c1-2-21-15(10-9-14(18)22)19-20-16(21)23-11-3-4-12-5-7-13(17)8-6-12/h5-8H,2,9-11H2,1H3,(H2,18,22). The second-order valence-corrected chi connectivity index (χ2v) is 6.09. The molecule has 0 unspecified atom stereocenters. The fourth-order valence-corrected chi connectivity index (χ4v) is 2.82. The first-order valence-corrected chi connectivity index (χ1v) is 8.54. The predicted octanol–water partition coefficient (Wildman–Crippen LogP) is 2.51. The van der Waals surface area contributed by atoms with E-state index < -0.39 is 0 Å². The highest BCUT2D eigenvalue weighted by Gasteiger charge is 2.11. The van der Waals surface area contributed by atoms with Crippen LogP contribution in [0.25, 0.3) is 0 Å². The monoisotopic (exact) mass is 348 g/mol. The minimum absolute atomic E-state index is 0.277. The van der Waals surface area contributed by atoms with E-state index in [4.69, 9.17) is 17.3 Å². The highest BCUT2D eigenvalue weighted by atomic mass is 35.5. The molecule has 0 aliphatic rings. The number of halogens is 1. The normalized spacial score (nSPS) is 10.2. The Balaban J connectivity index is 1.95. The number of hydrogen-bond donors (Lipinski definition) is 1. The van der Waals surface area contributed by atoms with Crippen molar-refractivity contribution in [3.05, 3.63) is 40.7 Å². The van der Waals surface area contributed by atoms with E-state index in [9.17, 15) is 4.79 Å². The number of carbonyl (C=O) groups is 1. The minimum atomic E-state index is -0.335. The molecule has 1 heterocycles. The Morgan fingerprint density at radius 1 is 1.35 bits per heavy atom. The van der Waals surface area contributed by atoms with Gasteiger partial charge in [-0.05, 0) is 31.2 Å². The van der Waals surface area contributed by atoms with Crippen molar-refractivity contribution in [3.63, 3.8) is 0 Å². The van der Waals surface area contributed by atoms with Gasteiger partial charge in [-0.3, -0.25) is 4.79 Å². The van der Waals surface area contributed by atoms with E-state index in [0.717, 1.165) is 23.1 Å². The molecule has 23 heavy (non-hydrogen) atoms. The number of nitrogens with zero attached hydrogens (tertiary/aromatic N) is 3. The lowest BCUT2D eigenvalue weighted by Gasteiger charge is -2.05. The van der Waals surface area contributed by atoms with Gasteiger partial charge < -0.3 is 10.3 Å². The number of aryl methyl sites for hydroxylation is 1. The summed E-state index contributed by atoms with van der Waals surface area (Å²) in [5.41, 5.74) is 6.10. The summed E-state index contributed by atoms with van der Waals surface area (Å²) >= 11 is 7.36. The molecule has 0 fully saturated rings. The largest absolute Gasteiger partial charge is 0.370 e. The minimum Gasteiger partial charge on any atom is -0.370 e. The summed E-state index contributed by atoms with van der Waals surface area (Å²) in [7, 11) is 0. The first-order chi connectivity index (χ1) is 11.1. The van der Waals surface area contributed by atoms with E-state index in [1.807, 2.05) is 35.8 Å². The van der Waals surface area contributed by atoms with E-state index in [1.54, 1.807) is 0 Å². The van der Waals surface area contributed by atoms with Gasteiger partial charge in [0, 0.05) is 30.0 Å². The SMILES string of the molecule is CCn1c(CCC(N)=O)nnc1SCC#Cc1ccc(Cl)cc1. The van der Waals surface area contributed by atoms with Gasteiger partial charge in [0.05, 0.1) is 5.75 Å². The van der Waals surface area contributed by atoms with Gasteiger partial charge in [0.2, 0.25) is 5.91 Å². The molecule has 0 saturated heterocycles. The maximum absolute atomic E-state index is 10.9. The van der Waals surface area contributed by atoms with Crippen LogP contribution in [0.3, 0.4) is 0 Å². The van der Waals surface area contributed by atoms with Gasteiger partial charge in [0.25, 0.3) is 0 Å². The van der Waals surface area contributed by atoms with Crippen LogP contribution in [0.4, 0.5) is 0 Å². The average molecular weight is 349 g/mol. The van der Waals surface area contributed by atoms with Crippen molar-refractivity contribution >= 4 is 29.3 Å². The van der Waals surface area contributed by atoms with Crippen molar-refractivity contribution < 1.29 is 4.79 Å². The van der Waals surface area contributed by atoms with Gasteiger partial charge in [0.15, 0.2) is 5.16 Å². The number of nitrogens with two attached hydrogens (primary N) is 1. The molecule has 0 saturated carbocycles. The van der Waals surface area contributed by atoms with Crippen molar-refractivity contribution in [2.75, 3.05) is 5.75 Å². The van der Waals surface area contributed by atoms with E-state index in [2.05, 4.69) is 22.0 Å². The first-order valence-electron chi connectivity index (χ1n) is 7.17. The first kappa shape index (κ1) is 17.4. The second-order valence-electron chi connectivity index (χ2n) is 4.71. The van der Waals surface area contributed by atoms with Crippen LogP contribution in [0.5, 0.6) is 0 Å². The highest BCUT2D eigenvalue weighted by molar-refractivity contribution is 7.99. The molecule has 0 atom stereocenters. The third kappa shape index (κ3) is 5.31. The number of aromatic nitrogens is 3. The van der Waals surface area contributed by atoms with E-state index in [1.165, 1.54) is 11.8 Å². The molecular formula is C16H17ClN4OS. The van der Waals surface area contributed by atoms with E-state index >= 15 is 0 Å². The molecule has 7 heteroatoms. The number of hydrogen-bond acceptors (Lipinski definition) is 4. The Bertz CT molecular complexity index is 731. The molecule has 0 aliphatic carbocycles. The van der Waals surface area contributed by atoms with Crippen LogP contribution in [0.15, 0.2) is 29.4 Å². The molecule has 2 aromatic rings. The van der Waals surface area contributed by atoms with E-state index in [0.29, 0.717) is 17.2 Å². The third-order valence-electron chi connectivity index (χ3n) is 3.06. The third-order valence-corrected chi connectivity index (χ3v) is 4.16. The summed E-state index contributed by atoms with van der Waals surface area (Å²) in [6.07, 6.45) is 0.784. The predicted molar refractivity (Wildman–Crippen MR) is 92.3 cm³/mol. The number of carbonyl (C=O) groups excluding carboxylic acids is 1. The molecule has 5 nitrogen and oxygen atoms in total. The van der Waals surface area contributed by atoms with Crippen molar-refractivity contribution in [2.24, 2.45) is 5.73 Å². The smallest absolute Gasteiger partial charge is 0.217 e. The summed E-state index contributed by atoms with van der Waals surface area (Å²) in [4.78, 5) is 10.9. The lowest BCUT2D eigenvalue weighted by atomic mass is 10.2. The van der Waals surface area contributed by atoms with Gasteiger partial charge >= 0.3 is 0 Å². The second kappa shape index (κ2) is 8.61. The van der Waals surface area contributed by atoms with Crippen molar-refractivity contribution in [1.82, 2.24) is 14.8 Å². The van der Waals surface area contributed by atoms with Crippen LogP contribution < -0.4 is 5.73 Å². The fraction of sp³-hybridized carbons (Fsp3) is 0.312. The number of primary amides is 1. The molecular weight excluding hydrogens is 332 g/mol. The zero-order valence-corrected chi connectivity index (χ0v) is 14.3. The summed E-state index contributed by atoms with van der Waals surface area (Å²) in [5, 5.41) is 9.79. The molecule has 1 aromatic heterocycles. The quantitative estimate of drug-likeness (QED) is 0.643. The molecule has 120 valence electrons. The Labute approximate surface area is 144 Å². The zero-order chi connectivity index (χ0) is 16.7. The zero-order valence-electron chi connectivity index (χ0n) is 12.8. The topological polar surface area (TPSA) is 73.8 Å². The maximum atomic E-state index is 10.9.